The van der Waals surface area contributed by atoms with Gasteiger partial charge in [-0.2, -0.15) is 0 Å². The second-order valence-electron chi connectivity index (χ2n) is 6.15. The van der Waals surface area contributed by atoms with Crippen LogP contribution in [0.3, 0.4) is 0 Å². The number of carbonyl (C=O) groups is 1. The van der Waals surface area contributed by atoms with Crippen LogP contribution in [0.1, 0.15) is 32.8 Å². The van der Waals surface area contributed by atoms with Gasteiger partial charge >= 0.3 is 0 Å². The summed E-state index contributed by atoms with van der Waals surface area (Å²) in [4.78, 5) is 14.0. The molecule has 0 aliphatic carbocycles. The van der Waals surface area contributed by atoms with Crippen molar-refractivity contribution < 1.29 is 14.6 Å². The molecule has 2 unspecified atom stereocenters. The zero-order valence-electron chi connectivity index (χ0n) is 13.5. The summed E-state index contributed by atoms with van der Waals surface area (Å²) in [6.07, 6.45) is 4.05. The van der Waals surface area contributed by atoms with E-state index >= 15 is 0 Å². The largest absolute Gasteiger partial charge is 0.491 e. The van der Waals surface area contributed by atoms with Crippen LogP contribution in [0.15, 0.2) is 30.3 Å². The molecule has 1 aliphatic rings. The first kappa shape index (κ1) is 16.6. The molecule has 0 bridgehead atoms. The summed E-state index contributed by atoms with van der Waals surface area (Å²) in [6, 6.07) is 7.69. The lowest BCUT2D eigenvalue weighted by Gasteiger charge is -2.15. The van der Waals surface area contributed by atoms with Crippen molar-refractivity contribution >= 4 is 12.0 Å². The quantitative estimate of drug-likeness (QED) is 0.851. The van der Waals surface area contributed by atoms with Gasteiger partial charge in [0.15, 0.2) is 0 Å². The van der Waals surface area contributed by atoms with E-state index in [1.54, 1.807) is 17.9 Å². The van der Waals surface area contributed by atoms with Crippen molar-refractivity contribution in [1.82, 2.24) is 4.90 Å². The van der Waals surface area contributed by atoms with E-state index in [-0.39, 0.29) is 24.0 Å². The van der Waals surface area contributed by atoms with Gasteiger partial charge in [0.05, 0.1) is 12.2 Å². The molecule has 0 saturated carbocycles. The molecular formula is C18H25NO3. The van der Waals surface area contributed by atoms with E-state index in [4.69, 9.17) is 4.74 Å². The molecule has 1 amide bonds. The lowest BCUT2D eigenvalue weighted by Crippen LogP contribution is -2.28. The maximum atomic E-state index is 12.2. The van der Waals surface area contributed by atoms with Crippen LogP contribution in [0.2, 0.25) is 0 Å². The Morgan fingerprint density at radius 2 is 2.18 bits per heavy atom. The standard InChI is InChI=1S/C18H25NO3/c1-13(2)22-17-6-4-5-15(11-17)7-8-18(21)19-10-9-16(12-19)14(3)20/h4-8,11,13-14,16,20H,9-10,12H2,1-3H3/b8-7+. The van der Waals surface area contributed by atoms with Crippen molar-refractivity contribution in [2.45, 2.75) is 39.4 Å². The number of rotatable bonds is 5. The molecule has 4 heteroatoms. The first-order valence-corrected chi connectivity index (χ1v) is 7.87. The summed E-state index contributed by atoms with van der Waals surface area (Å²) < 4.78 is 5.64. The van der Waals surface area contributed by atoms with E-state index in [2.05, 4.69) is 0 Å². The van der Waals surface area contributed by atoms with Gasteiger partial charge in [-0.25, -0.2) is 0 Å². The summed E-state index contributed by atoms with van der Waals surface area (Å²) in [6.45, 7) is 7.11. The van der Waals surface area contributed by atoms with Gasteiger partial charge in [0.2, 0.25) is 5.91 Å². The van der Waals surface area contributed by atoms with E-state index in [9.17, 15) is 9.90 Å². The Balaban J connectivity index is 1.95. The molecule has 1 aromatic rings. The van der Waals surface area contributed by atoms with Crippen LogP contribution < -0.4 is 4.74 Å². The van der Waals surface area contributed by atoms with Gasteiger partial charge in [0.1, 0.15) is 5.75 Å². The van der Waals surface area contributed by atoms with Gasteiger partial charge in [-0.3, -0.25) is 4.79 Å². The molecule has 1 heterocycles. The smallest absolute Gasteiger partial charge is 0.246 e. The van der Waals surface area contributed by atoms with Crippen molar-refractivity contribution in [2.75, 3.05) is 13.1 Å². The summed E-state index contributed by atoms with van der Waals surface area (Å²) in [7, 11) is 0. The number of nitrogens with zero attached hydrogens (tertiary/aromatic N) is 1. The van der Waals surface area contributed by atoms with Gasteiger partial charge in [-0.05, 0) is 51.0 Å². The molecule has 1 N–H and O–H groups in total. The highest BCUT2D eigenvalue weighted by molar-refractivity contribution is 5.92. The number of hydrogen-bond acceptors (Lipinski definition) is 3. The topological polar surface area (TPSA) is 49.8 Å². The lowest BCUT2D eigenvalue weighted by molar-refractivity contribution is -0.125. The number of hydrogen-bond donors (Lipinski definition) is 1. The third kappa shape index (κ3) is 4.60. The van der Waals surface area contributed by atoms with Crippen molar-refractivity contribution in [2.24, 2.45) is 5.92 Å². The summed E-state index contributed by atoms with van der Waals surface area (Å²) in [5.41, 5.74) is 0.942. The molecule has 1 aliphatic heterocycles. The zero-order chi connectivity index (χ0) is 16.1. The minimum absolute atomic E-state index is 0.00155. The number of likely N-dealkylation sites (tertiary alicyclic amines) is 1. The second kappa shape index (κ2) is 7.45. The van der Waals surface area contributed by atoms with E-state index in [0.717, 1.165) is 24.3 Å². The minimum Gasteiger partial charge on any atom is -0.491 e. The molecule has 2 rings (SSSR count). The third-order valence-electron chi connectivity index (χ3n) is 3.87. The fraction of sp³-hybridized carbons (Fsp3) is 0.500. The Labute approximate surface area is 132 Å². The van der Waals surface area contributed by atoms with Crippen LogP contribution in [0, 0.1) is 5.92 Å². The zero-order valence-corrected chi connectivity index (χ0v) is 13.5. The summed E-state index contributed by atoms with van der Waals surface area (Å²) in [5.74, 6) is 0.999. The fourth-order valence-corrected chi connectivity index (χ4v) is 2.62. The average molecular weight is 303 g/mol. The second-order valence-corrected chi connectivity index (χ2v) is 6.15. The predicted molar refractivity (Wildman–Crippen MR) is 87.6 cm³/mol. The monoisotopic (exact) mass is 303 g/mol. The molecule has 2 atom stereocenters. The number of aliphatic hydroxyl groups excluding tert-OH is 1. The average Bonchev–Trinajstić information content (AvgIpc) is 2.94. The molecule has 1 saturated heterocycles. The summed E-state index contributed by atoms with van der Waals surface area (Å²) >= 11 is 0. The Morgan fingerprint density at radius 3 is 2.82 bits per heavy atom. The van der Waals surface area contributed by atoms with E-state index in [1.165, 1.54) is 0 Å². The molecule has 22 heavy (non-hydrogen) atoms. The first-order chi connectivity index (χ1) is 10.5. The Bertz CT molecular complexity index is 537. The van der Waals surface area contributed by atoms with Crippen LogP contribution in [-0.2, 0) is 4.79 Å². The SMILES string of the molecule is CC(C)Oc1cccc(/C=C/C(=O)N2CCC(C(C)O)C2)c1. The molecule has 0 radical (unpaired) electrons. The Morgan fingerprint density at radius 1 is 1.41 bits per heavy atom. The highest BCUT2D eigenvalue weighted by atomic mass is 16.5. The van der Waals surface area contributed by atoms with Gasteiger partial charge < -0.3 is 14.7 Å². The fourth-order valence-electron chi connectivity index (χ4n) is 2.62. The highest BCUT2D eigenvalue weighted by Gasteiger charge is 2.27. The molecular weight excluding hydrogens is 278 g/mol. The van der Waals surface area contributed by atoms with Crippen molar-refractivity contribution in [3.63, 3.8) is 0 Å². The van der Waals surface area contributed by atoms with Gasteiger partial charge in [0, 0.05) is 25.1 Å². The van der Waals surface area contributed by atoms with Crippen molar-refractivity contribution in [1.29, 1.82) is 0 Å². The normalized spacial score (nSPS) is 19.9. The van der Waals surface area contributed by atoms with Crippen LogP contribution in [0.4, 0.5) is 0 Å². The number of aliphatic hydroxyl groups is 1. The number of carbonyl (C=O) groups excluding carboxylic acids is 1. The van der Waals surface area contributed by atoms with Gasteiger partial charge in [0.25, 0.3) is 0 Å². The molecule has 1 fully saturated rings. The van der Waals surface area contributed by atoms with Gasteiger partial charge in [-0.15, -0.1) is 0 Å². The maximum absolute atomic E-state index is 12.2. The molecule has 1 aromatic carbocycles. The highest BCUT2D eigenvalue weighted by Crippen LogP contribution is 2.20. The number of ether oxygens (including phenoxy) is 1. The number of amides is 1. The van der Waals surface area contributed by atoms with Gasteiger partial charge in [-0.1, -0.05) is 12.1 Å². The minimum atomic E-state index is -0.355. The Hall–Kier alpha value is -1.81. The van der Waals surface area contributed by atoms with E-state index in [1.807, 2.05) is 44.2 Å². The van der Waals surface area contributed by atoms with Crippen LogP contribution in [0.25, 0.3) is 6.08 Å². The van der Waals surface area contributed by atoms with Crippen LogP contribution >= 0.6 is 0 Å². The predicted octanol–water partition coefficient (Wildman–Crippen LogP) is 2.72. The molecule has 0 spiro atoms. The van der Waals surface area contributed by atoms with Crippen molar-refractivity contribution in [3.05, 3.63) is 35.9 Å². The molecule has 120 valence electrons. The van der Waals surface area contributed by atoms with E-state index < -0.39 is 0 Å². The Kier molecular flexibility index (Phi) is 5.61. The summed E-state index contributed by atoms with van der Waals surface area (Å²) in [5, 5.41) is 9.59. The van der Waals surface area contributed by atoms with E-state index in [0.29, 0.717) is 6.54 Å². The molecule has 0 aromatic heterocycles. The molecule has 4 nitrogen and oxygen atoms in total. The number of benzene rings is 1. The van der Waals surface area contributed by atoms with Crippen LogP contribution in [-0.4, -0.2) is 41.2 Å². The van der Waals surface area contributed by atoms with Crippen LogP contribution in [0.5, 0.6) is 5.75 Å². The third-order valence-corrected chi connectivity index (χ3v) is 3.87. The lowest BCUT2D eigenvalue weighted by atomic mass is 10.0. The maximum Gasteiger partial charge on any atom is 0.246 e. The van der Waals surface area contributed by atoms with Crippen molar-refractivity contribution in [3.8, 4) is 5.75 Å². The first-order valence-electron chi connectivity index (χ1n) is 7.87.